The van der Waals surface area contributed by atoms with E-state index >= 15 is 0 Å². The molecule has 2 heteroatoms. The summed E-state index contributed by atoms with van der Waals surface area (Å²) in [6, 6.07) is 11.2. The molecular formula is C12H17NO. The van der Waals surface area contributed by atoms with E-state index in [1.807, 2.05) is 0 Å². The lowest BCUT2D eigenvalue weighted by molar-refractivity contribution is 0.190. The van der Waals surface area contributed by atoms with E-state index in [0.29, 0.717) is 6.04 Å². The predicted molar refractivity (Wildman–Crippen MR) is 57.4 cm³/mol. The first kappa shape index (κ1) is 9.69. The predicted octanol–water partition coefficient (Wildman–Crippen LogP) is 1.61. The summed E-state index contributed by atoms with van der Waals surface area (Å²) in [4.78, 5) is 0. The highest BCUT2D eigenvalue weighted by molar-refractivity contribution is 5.14. The number of benzene rings is 1. The molecule has 1 aromatic carbocycles. The molecule has 0 bridgehead atoms. The maximum absolute atomic E-state index is 5.30. The lowest BCUT2D eigenvalue weighted by Gasteiger charge is -2.09. The van der Waals surface area contributed by atoms with Crippen molar-refractivity contribution in [2.75, 3.05) is 19.8 Å². The molecule has 0 aromatic heterocycles. The van der Waals surface area contributed by atoms with E-state index in [9.17, 15) is 0 Å². The van der Waals surface area contributed by atoms with Crippen LogP contribution in [-0.2, 0) is 11.2 Å². The molecular weight excluding hydrogens is 174 g/mol. The molecule has 0 aliphatic carbocycles. The summed E-state index contributed by atoms with van der Waals surface area (Å²) in [5.41, 5.74) is 1.40. The van der Waals surface area contributed by atoms with Crippen LogP contribution in [0.1, 0.15) is 12.0 Å². The fourth-order valence-electron chi connectivity index (χ4n) is 1.76. The molecule has 14 heavy (non-hydrogen) atoms. The number of hydrogen-bond donors (Lipinski definition) is 1. The van der Waals surface area contributed by atoms with Crippen molar-refractivity contribution in [1.82, 2.24) is 5.32 Å². The average molecular weight is 191 g/mol. The van der Waals surface area contributed by atoms with Crippen molar-refractivity contribution in [1.29, 1.82) is 0 Å². The zero-order chi connectivity index (χ0) is 9.64. The molecule has 1 aliphatic heterocycles. The highest BCUT2D eigenvalue weighted by atomic mass is 16.5. The molecule has 0 saturated carbocycles. The minimum Gasteiger partial charge on any atom is -0.380 e. The Labute approximate surface area is 85.3 Å². The Morgan fingerprint density at radius 3 is 2.86 bits per heavy atom. The van der Waals surface area contributed by atoms with Crippen LogP contribution in [0.5, 0.6) is 0 Å². The highest BCUT2D eigenvalue weighted by Gasteiger charge is 2.13. The highest BCUT2D eigenvalue weighted by Crippen LogP contribution is 2.04. The largest absolute Gasteiger partial charge is 0.380 e. The first-order chi connectivity index (χ1) is 6.95. The van der Waals surface area contributed by atoms with Crippen molar-refractivity contribution in [3.8, 4) is 0 Å². The van der Waals surface area contributed by atoms with Crippen LogP contribution in [0.4, 0.5) is 0 Å². The summed E-state index contributed by atoms with van der Waals surface area (Å²) in [5, 5.41) is 3.51. The van der Waals surface area contributed by atoms with Gasteiger partial charge in [0.25, 0.3) is 0 Å². The molecule has 1 saturated heterocycles. The Morgan fingerprint density at radius 2 is 2.14 bits per heavy atom. The third-order valence-corrected chi connectivity index (χ3v) is 2.62. The Morgan fingerprint density at radius 1 is 1.29 bits per heavy atom. The van der Waals surface area contributed by atoms with Crippen LogP contribution in [0.15, 0.2) is 30.3 Å². The first-order valence-corrected chi connectivity index (χ1v) is 5.30. The molecule has 1 fully saturated rings. The smallest absolute Gasteiger partial charge is 0.0620 e. The van der Waals surface area contributed by atoms with Gasteiger partial charge in [-0.25, -0.2) is 0 Å². The molecule has 1 unspecified atom stereocenters. The van der Waals surface area contributed by atoms with Gasteiger partial charge in [0.2, 0.25) is 0 Å². The van der Waals surface area contributed by atoms with Gasteiger partial charge in [-0.05, 0) is 24.9 Å². The van der Waals surface area contributed by atoms with E-state index in [-0.39, 0.29) is 0 Å². The second-order valence-electron chi connectivity index (χ2n) is 3.75. The normalized spacial score (nSPS) is 21.3. The fraction of sp³-hybridized carbons (Fsp3) is 0.500. The third kappa shape index (κ3) is 2.82. The summed E-state index contributed by atoms with van der Waals surface area (Å²) >= 11 is 0. The van der Waals surface area contributed by atoms with Crippen molar-refractivity contribution < 1.29 is 4.74 Å². The summed E-state index contributed by atoms with van der Waals surface area (Å²) in [6.07, 6.45) is 2.27. The van der Waals surface area contributed by atoms with Crippen molar-refractivity contribution in [3.05, 3.63) is 35.9 Å². The quantitative estimate of drug-likeness (QED) is 0.780. The molecule has 1 aromatic rings. The van der Waals surface area contributed by atoms with E-state index in [1.165, 1.54) is 5.56 Å². The van der Waals surface area contributed by atoms with Crippen LogP contribution in [0, 0.1) is 0 Å². The lowest BCUT2D eigenvalue weighted by atomic mass is 10.1. The van der Waals surface area contributed by atoms with Gasteiger partial charge in [-0.15, -0.1) is 0 Å². The van der Waals surface area contributed by atoms with E-state index in [2.05, 4.69) is 35.6 Å². The maximum atomic E-state index is 5.30. The number of rotatable bonds is 4. The van der Waals surface area contributed by atoms with E-state index in [0.717, 1.165) is 32.6 Å². The Hall–Kier alpha value is -0.860. The molecule has 0 spiro atoms. The van der Waals surface area contributed by atoms with Gasteiger partial charge in [-0.2, -0.15) is 0 Å². The topological polar surface area (TPSA) is 21.3 Å². The Bertz CT molecular complexity index is 254. The molecule has 1 N–H and O–H groups in total. The standard InChI is InChI=1S/C12H17NO/c1-2-4-11(5-3-1)6-8-13-12-7-9-14-10-12/h1-5,12-13H,6-10H2. The zero-order valence-corrected chi connectivity index (χ0v) is 8.41. The van der Waals surface area contributed by atoms with Crippen LogP contribution in [0.3, 0.4) is 0 Å². The molecule has 0 amide bonds. The first-order valence-electron chi connectivity index (χ1n) is 5.30. The third-order valence-electron chi connectivity index (χ3n) is 2.62. The van der Waals surface area contributed by atoms with Crippen molar-refractivity contribution in [2.45, 2.75) is 18.9 Å². The van der Waals surface area contributed by atoms with Crippen LogP contribution in [0.2, 0.25) is 0 Å². The summed E-state index contributed by atoms with van der Waals surface area (Å²) in [7, 11) is 0. The van der Waals surface area contributed by atoms with Gasteiger partial charge in [0.05, 0.1) is 6.61 Å². The number of nitrogens with one attached hydrogen (secondary N) is 1. The number of ether oxygens (including phenoxy) is 1. The van der Waals surface area contributed by atoms with Crippen LogP contribution >= 0.6 is 0 Å². The minimum absolute atomic E-state index is 0.582. The van der Waals surface area contributed by atoms with E-state index in [1.54, 1.807) is 0 Å². The van der Waals surface area contributed by atoms with Gasteiger partial charge in [0, 0.05) is 12.6 Å². The monoisotopic (exact) mass is 191 g/mol. The summed E-state index contributed by atoms with van der Waals surface area (Å²) in [6.45, 7) is 2.86. The summed E-state index contributed by atoms with van der Waals surface area (Å²) < 4.78 is 5.30. The number of hydrogen-bond acceptors (Lipinski definition) is 2. The average Bonchev–Trinajstić information content (AvgIpc) is 2.72. The van der Waals surface area contributed by atoms with Crippen LogP contribution in [0.25, 0.3) is 0 Å². The van der Waals surface area contributed by atoms with Gasteiger partial charge >= 0.3 is 0 Å². The van der Waals surface area contributed by atoms with Crippen molar-refractivity contribution in [2.24, 2.45) is 0 Å². The zero-order valence-electron chi connectivity index (χ0n) is 8.41. The molecule has 1 atom stereocenters. The van der Waals surface area contributed by atoms with Gasteiger partial charge in [-0.1, -0.05) is 30.3 Å². The molecule has 1 heterocycles. The van der Waals surface area contributed by atoms with Crippen LogP contribution in [-0.4, -0.2) is 25.8 Å². The molecule has 2 nitrogen and oxygen atoms in total. The Kier molecular flexibility index (Phi) is 3.55. The SMILES string of the molecule is c1ccc(CCNC2CCOC2)cc1. The van der Waals surface area contributed by atoms with Gasteiger partial charge in [-0.3, -0.25) is 0 Å². The fourth-order valence-corrected chi connectivity index (χ4v) is 1.76. The second-order valence-corrected chi connectivity index (χ2v) is 3.75. The van der Waals surface area contributed by atoms with Gasteiger partial charge < -0.3 is 10.1 Å². The lowest BCUT2D eigenvalue weighted by Crippen LogP contribution is -2.30. The van der Waals surface area contributed by atoms with E-state index in [4.69, 9.17) is 4.74 Å². The molecule has 2 rings (SSSR count). The minimum atomic E-state index is 0.582. The summed E-state index contributed by atoms with van der Waals surface area (Å²) in [5.74, 6) is 0. The van der Waals surface area contributed by atoms with Crippen molar-refractivity contribution in [3.63, 3.8) is 0 Å². The molecule has 76 valence electrons. The maximum Gasteiger partial charge on any atom is 0.0620 e. The molecule has 0 radical (unpaired) electrons. The van der Waals surface area contributed by atoms with Crippen molar-refractivity contribution >= 4 is 0 Å². The second kappa shape index (κ2) is 5.13. The van der Waals surface area contributed by atoms with E-state index < -0.39 is 0 Å². The van der Waals surface area contributed by atoms with Gasteiger partial charge in [0.1, 0.15) is 0 Å². The van der Waals surface area contributed by atoms with Gasteiger partial charge in [0.15, 0.2) is 0 Å². The Balaban J connectivity index is 1.67. The molecule has 1 aliphatic rings. The van der Waals surface area contributed by atoms with Crippen LogP contribution < -0.4 is 5.32 Å².